The SMILES string of the molecule is COC(=O)c1ccc2c(c1)C(C)(CC(=O)Sc1ccc(C)cc1)C(=O)N2C. The van der Waals surface area contributed by atoms with Gasteiger partial charge < -0.3 is 9.64 Å². The average molecular weight is 383 g/mol. The first-order valence-corrected chi connectivity index (χ1v) is 9.36. The minimum Gasteiger partial charge on any atom is -0.465 e. The average Bonchev–Trinajstić information content (AvgIpc) is 2.84. The molecule has 2 aromatic carbocycles. The zero-order valence-electron chi connectivity index (χ0n) is 15.7. The van der Waals surface area contributed by atoms with Gasteiger partial charge in [0.05, 0.1) is 18.1 Å². The highest BCUT2D eigenvalue weighted by molar-refractivity contribution is 8.13. The zero-order valence-corrected chi connectivity index (χ0v) is 16.6. The Hall–Kier alpha value is -2.60. The fraction of sp³-hybridized carbons (Fsp3) is 0.286. The van der Waals surface area contributed by atoms with Crippen LogP contribution in [0.3, 0.4) is 0 Å². The lowest BCUT2D eigenvalue weighted by Crippen LogP contribution is -2.37. The number of thioether (sulfide) groups is 1. The Morgan fingerprint density at radius 2 is 1.81 bits per heavy atom. The fourth-order valence-corrected chi connectivity index (χ4v) is 4.24. The maximum Gasteiger partial charge on any atom is 0.337 e. The Labute approximate surface area is 162 Å². The van der Waals surface area contributed by atoms with E-state index in [0.29, 0.717) is 16.8 Å². The molecule has 0 saturated carbocycles. The van der Waals surface area contributed by atoms with Gasteiger partial charge in [-0.3, -0.25) is 9.59 Å². The van der Waals surface area contributed by atoms with Gasteiger partial charge in [-0.2, -0.15) is 0 Å². The summed E-state index contributed by atoms with van der Waals surface area (Å²) in [5.41, 5.74) is 1.86. The quantitative estimate of drug-likeness (QED) is 0.595. The molecular formula is C21H21NO4S. The number of aryl methyl sites for hydroxylation is 1. The van der Waals surface area contributed by atoms with Crippen molar-refractivity contribution in [1.82, 2.24) is 0 Å². The van der Waals surface area contributed by atoms with E-state index in [0.717, 1.165) is 22.2 Å². The van der Waals surface area contributed by atoms with Gasteiger partial charge in [0.1, 0.15) is 0 Å². The molecule has 0 spiro atoms. The van der Waals surface area contributed by atoms with Crippen molar-refractivity contribution < 1.29 is 19.1 Å². The monoisotopic (exact) mass is 383 g/mol. The molecule has 27 heavy (non-hydrogen) atoms. The number of carbonyl (C=O) groups excluding carboxylic acids is 3. The second-order valence-corrected chi connectivity index (χ2v) is 8.01. The summed E-state index contributed by atoms with van der Waals surface area (Å²) in [4.78, 5) is 39.9. The van der Waals surface area contributed by atoms with Gasteiger partial charge in [0, 0.05) is 24.1 Å². The first-order valence-electron chi connectivity index (χ1n) is 8.54. The lowest BCUT2D eigenvalue weighted by Gasteiger charge is -2.22. The summed E-state index contributed by atoms with van der Waals surface area (Å²) in [6.07, 6.45) is 0.0480. The smallest absolute Gasteiger partial charge is 0.337 e. The highest BCUT2D eigenvalue weighted by atomic mass is 32.2. The summed E-state index contributed by atoms with van der Waals surface area (Å²) in [7, 11) is 3.00. The van der Waals surface area contributed by atoms with E-state index in [1.165, 1.54) is 7.11 Å². The standard InChI is InChI=1S/C21H21NO4S/c1-13-5-8-15(9-6-13)27-18(23)12-21(2)16-11-14(19(24)26-4)7-10-17(16)22(3)20(21)25/h5-11H,12H2,1-4H3. The molecule has 0 N–H and O–H groups in total. The van der Waals surface area contributed by atoms with Crippen molar-refractivity contribution in [3.63, 3.8) is 0 Å². The molecule has 5 nitrogen and oxygen atoms in total. The van der Waals surface area contributed by atoms with Crippen LogP contribution in [0.15, 0.2) is 47.4 Å². The maximum absolute atomic E-state index is 12.9. The third-order valence-corrected chi connectivity index (χ3v) is 5.78. The minimum atomic E-state index is -1.01. The highest BCUT2D eigenvalue weighted by Crippen LogP contribution is 2.45. The number of benzene rings is 2. The highest BCUT2D eigenvalue weighted by Gasteiger charge is 2.47. The first-order chi connectivity index (χ1) is 12.8. The molecule has 0 aliphatic carbocycles. The molecule has 0 saturated heterocycles. The Bertz CT molecular complexity index is 922. The zero-order chi connectivity index (χ0) is 19.8. The van der Waals surface area contributed by atoms with Crippen LogP contribution in [0.2, 0.25) is 0 Å². The number of carbonyl (C=O) groups is 3. The van der Waals surface area contributed by atoms with Crippen molar-refractivity contribution in [2.75, 3.05) is 19.1 Å². The third-order valence-electron chi connectivity index (χ3n) is 4.90. The Morgan fingerprint density at radius 3 is 2.44 bits per heavy atom. The molecule has 1 heterocycles. The lowest BCUT2D eigenvalue weighted by molar-refractivity contribution is -0.125. The van der Waals surface area contributed by atoms with Gasteiger partial charge in [-0.25, -0.2) is 4.79 Å². The van der Waals surface area contributed by atoms with Crippen LogP contribution in [0.25, 0.3) is 0 Å². The number of nitrogens with zero attached hydrogens (tertiary/aromatic N) is 1. The Morgan fingerprint density at radius 1 is 1.15 bits per heavy atom. The van der Waals surface area contributed by atoms with Crippen LogP contribution in [-0.4, -0.2) is 31.1 Å². The molecule has 2 aromatic rings. The molecule has 0 radical (unpaired) electrons. The number of hydrogen-bond donors (Lipinski definition) is 0. The van der Waals surface area contributed by atoms with Crippen LogP contribution >= 0.6 is 11.8 Å². The molecule has 0 fully saturated rings. The van der Waals surface area contributed by atoms with Crippen LogP contribution in [0.1, 0.15) is 34.8 Å². The van der Waals surface area contributed by atoms with E-state index in [1.54, 1.807) is 37.1 Å². The van der Waals surface area contributed by atoms with Crippen molar-refractivity contribution in [2.45, 2.75) is 30.6 Å². The predicted molar refractivity (Wildman–Crippen MR) is 105 cm³/mol. The Balaban J connectivity index is 1.90. The van der Waals surface area contributed by atoms with Crippen LogP contribution < -0.4 is 4.90 Å². The fourth-order valence-electron chi connectivity index (χ4n) is 3.34. The van der Waals surface area contributed by atoms with Crippen LogP contribution in [-0.2, 0) is 19.7 Å². The van der Waals surface area contributed by atoms with E-state index in [1.807, 2.05) is 31.2 Å². The number of anilines is 1. The summed E-state index contributed by atoms with van der Waals surface area (Å²) < 4.78 is 4.78. The molecule has 1 atom stereocenters. The molecule has 6 heteroatoms. The van der Waals surface area contributed by atoms with Crippen molar-refractivity contribution in [3.8, 4) is 0 Å². The molecule has 140 valence electrons. The number of esters is 1. The van der Waals surface area contributed by atoms with E-state index < -0.39 is 11.4 Å². The van der Waals surface area contributed by atoms with Crippen LogP contribution in [0.4, 0.5) is 5.69 Å². The maximum atomic E-state index is 12.9. The molecule has 1 aliphatic rings. The topological polar surface area (TPSA) is 63.7 Å². The third kappa shape index (κ3) is 3.49. The van der Waals surface area contributed by atoms with E-state index >= 15 is 0 Å². The number of likely N-dealkylation sites (N-methyl/N-ethyl adjacent to an activating group) is 1. The van der Waals surface area contributed by atoms with Crippen LogP contribution in [0.5, 0.6) is 0 Å². The minimum absolute atomic E-state index is 0.0480. The van der Waals surface area contributed by atoms with E-state index in [9.17, 15) is 14.4 Å². The molecule has 1 aliphatic heterocycles. The van der Waals surface area contributed by atoms with Crippen molar-refractivity contribution in [2.24, 2.45) is 0 Å². The number of ether oxygens (including phenoxy) is 1. The Kier molecular flexibility index (Phi) is 5.11. The summed E-state index contributed by atoms with van der Waals surface area (Å²) in [6, 6.07) is 12.7. The van der Waals surface area contributed by atoms with E-state index in [-0.39, 0.29) is 17.4 Å². The van der Waals surface area contributed by atoms with Gasteiger partial charge in [-0.15, -0.1) is 0 Å². The first kappa shape index (κ1) is 19.2. The lowest BCUT2D eigenvalue weighted by atomic mass is 9.80. The van der Waals surface area contributed by atoms with Gasteiger partial charge in [-0.05, 0) is 49.7 Å². The second kappa shape index (κ2) is 7.19. The van der Waals surface area contributed by atoms with Gasteiger partial charge >= 0.3 is 5.97 Å². The van der Waals surface area contributed by atoms with E-state index in [2.05, 4.69) is 0 Å². The van der Waals surface area contributed by atoms with Gasteiger partial charge in [0.2, 0.25) is 5.91 Å². The van der Waals surface area contributed by atoms with Crippen LogP contribution in [0, 0.1) is 6.92 Å². The van der Waals surface area contributed by atoms with Crippen molar-refractivity contribution in [1.29, 1.82) is 0 Å². The number of fused-ring (bicyclic) bond motifs is 1. The number of amides is 1. The van der Waals surface area contributed by atoms with Gasteiger partial charge in [-0.1, -0.05) is 29.5 Å². The molecule has 3 rings (SSSR count). The van der Waals surface area contributed by atoms with E-state index in [4.69, 9.17) is 4.74 Å². The van der Waals surface area contributed by atoms with Gasteiger partial charge in [0.15, 0.2) is 5.12 Å². The summed E-state index contributed by atoms with van der Waals surface area (Å²) >= 11 is 1.13. The summed E-state index contributed by atoms with van der Waals surface area (Å²) in [6.45, 7) is 3.74. The summed E-state index contributed by atoms with van der Waals surface area (Å²) in [5, 5.41) is -0.0978. The molecule has 1 amide bonds. The number of methoxy groups -OCH3 is 1. The van der Waals surface area contributed by atoms with Gasteiger partial charge in [0.25, 0.3) is 0 Å². The van der Waals surface area contributed by atoms with Crippen molar-refractivity contribution in [3.05, 3.63) is 59.2 Å². The largest absolute Gasteiger partial charge is 0.465 e. The van der Waals surface area contributed by atoms with Crippen molar-refractivity contribution >= 4 is 34.4 Å². The molecule has 1 unspecified atom stereocenters. The molecular weight excluding hydrogens is 362 g/mol. The number of hydrogen-bond acceptors (Lipinski definition) is 5. The molecule has 0 bridgehead atoms. The molecule has 0 aromatic heterocycles. The summed E-state index contributed by atoms with van der Waals surface area (Å²) in [5.74, 6) is -0.625. The normalized spacial score (nSPS) is 18.4. The predicted octanol–water partition coefficient (Wildman–Crippen LogP) is 3.72. The second-order valence-electron chi connectivity index (χ2n) is 6.88. The number of rotatable bonds is 4.